The average Bonchev–Trinajstić information content (AvgIpc) is 2.82. The molecule has 3 rings (SSSR count). The largest absolute Gasteiger partial charge is 0.331 e. The molecular formula is C16H19N3O2. The molecular weight excluding hydrogens is 266 g/mol. The lowest BCUT2D eigenvalue weighted by Gasteiger charge is -2.31. The Bertz CT molecular complexity index is 622. The molecule has 0 spiro atoms. The zero-order valence-electron chi connectivity index (χ0n) is 12.5. The zero-order valence-corrected chi connectivity index (χ0v) is 12.5. The van der Waals surface area contributed by atoms with Crippen LogP contribution in [0.2, 0.25) is 0 Å². The van der Waals surface area contributed by atoms with Crippen molar-refractivity contribution in [3.63, 3.8) is 0 Å². The number of hydrogen-bond acceptors (Lipinski definition) is 2. The SMILES string of the molecule is CC(C)N1CC2=C(C1=O)[C@@H](c1ccccc1)NC(=O)N2C. The Morgan fingerprint density at radius 3 is 2.48 bits per heavy atom. The van der Waals surface area contributed by atoms with Crippen molar-refractivity contribution in [2.24, 2.45) is 0 Å². The van der Waals surface area contributed by atoms with Gasteiger partial charge >= 0.3 is 6.03 Å². The fourth-order valence-corrected chi connectivity index (χ4v) is 2.90. The second-order valence-corrected chi connectivity index (χ2v) is 5.74. The molecule has 1 atom stereocenters. The van der Waals surface area contributed by atoms with Gasteiger partial charge in [0, 0.05) is 13.1 Å². The molecule has 0 saturated carbocycles. The lowest BCUT2D eigenvalue weighted by atomic mass is 9.96. The van der Waals surface area contributed by atoms with Crippen LogP contribution >= 0.6 is 0 Å². The molecule has 3 amide bonds. The van der Waals surface area contributed by atoms with Crippen LogP contribution in [-0.4, -0.2) is 41.4 Å². The van der Waals surface area contributed by atoms with Crippen LogP contribution in [-0.2, 0) is 4.79 Å². The highest BCUT2D eigenvalue weighted by molar-refractivity contribution is 6.01. The Morgan fingerprint density at radius 1 is 1.19 bits per heavy atom. The van der Waals surface area contributed by atoms with E-state index in [1.54, 1.807) is 16.8 Å². The summed E-state index contributed by atoms with van der Waals surface area (Å²) in [5.41, 5.74) is 2.44. The van der Waals surface area contributed by atoms with E-state index in [1.807, 2.05) is 44.2 Å². The highest BCUT2D eigenvalue weighted by Crippen LogP contribution is 2.36. The van der Waals surface area contributed by atoms with Gasteiger partial charge in [0.2, 0.25) is 0 Å². The van der Waals surface area contributed by atoms with Crippen LogP contribution in [0.4, 0.5) is 4.79 Å². The molecule has 1 aromatic rings. The van der Waals surface area contributed by atoms with Crippen molar-refractivity contribution in [2.45, 2.75) is 25.9 Å². The summed E-state index contributed by atoms with van der Waals surface area (Å²) in [6.45, 7) is 4.48. The molecule has 0 radical (unpaired) electrons. The van der Waals surface area contributed by atoms with E-state index in [1.165, 1.54) is 0 Å². The smallest absolute Gasteiger partial charge is 0.322 e. The highest BCUT2D eigenvalue weighted by atomic mass is 16.2. The first-order valence-electron chi connectivity index (χ1n) is 7.14. The van der Waals surface area contributed by atoms with Gasteiger partial charge < -0.3 is 10.2 Å². The third kappa shape index (κ3) is 2.09. The number of amides is 3. The zero-order chi connectivity index (χ0) is 15.1. The van der Waals surface area contributed by atoms with Gasteiger partial charge in [0.1, 0.15) is 0 Å². The van der Waals surface area contributed by atoms with Crippen molar-refractivity contribution >= 4 is 11.9 Å². The minimum atomic E-state index is -0.360. The molecule has 0 saturated heterocycles. The number of nitrogens with one attached hydrogen (secondary N) is 1. The van der Waals surface area contributed by atoms with Crippen molar-refractivity contribution < 1.29 is 9.59 Å². The third-order valence-electron chi connectivity index (χ3n) is 4.14. The summed E-state index contributed by atoms with van der Waals surface area (Å²) in [5, 5.41) is 2.93. The summed E-state index contributed by atoms with van der Waals surface area (Å²) in [6, 6.07) is 9.22. The maximum atomic E-state index is 12.7. The highest BCUT2D eigenvalue weighted by Gasteiger charge is 2.43. The Kier molecular flexibility index (Phi) is 3.20. The van der Waals surface area contributed by atoms with Gasteiger partial charge in [-0.1, -0.05) is 30.3 Å². The first kappa shape index (κ1) is 13.7. The van der Waals surface area contributed by atoms with Gasteiger partial charge in [-0.05, 0) is 19.4 Å². The van der Waals surface area contributed by atoms with Gasteiger partial charge in [-0.15, -0.1) is 0 Å². The van der Waals surface area contributed by atoms with E-state index >= 15 is 0 Å². The molecule has 2 aliphatic rings. The third-order valence-corrected chi connectivity index (χ3v) is 4.14. The van der Waals surface area contributed by atoms with Gasteiger partial charge in [0.15, 0.2) is 0 Å². The molecule has 0 bridgehead atoms. The second-order valence-electron chi connectivity index (χ2n) is 5.74. The lowest BCUT2D eigenvalue weighted by molar-refractivity contribution is -0.127. The minimum Gasteiger partial charge on any atom is -0.331 e. The van der Waals surface area contributed by atoms with Crippen molar-refractivity contribution in [1.29, 1.82) is 0 Å². The molecule has 0 aliphatic carbocycles. The summed E-state index contributed by atoms with van der Waals surface area (Å²) in [5.74, 6) is 0.0145. The van der Waals surface area contributed by atoms with Crippen molar-refractivity contribution in [2.75, 3.05) is 13.6 Å². The number of hydrogen-bond donors (Lipinski definition) is 1. The second kappa shape index (κ2) is 4.91. The molecule has 21 heavy (non-hydrogen) atoms. The summed E-state index contributed by atoms with van der Waals surface area (Å²) in [7, 11) is 1.71. The van der Waals surface area contributed by atoms with Gasteiger partial charge in [0.05, 0.1) is 23.9 Å². The normalized spacial score (nSPS) is 22.0. The number of carbonyl (C=O) groups excluding carboxylic acids is 2. The van der Waals surface area contributed by atoms with E-state index in [0.29, 0.717) is 12.1 Å². The van der Waals surface area contributed by atoms with Crippen LogP contribution in [0.15, 0.2) is 41.6 Å². The first-order valence-corrected chi connectivity index (χ1v) is 7.14. The van der Waals surface area contributed by atoms with Crippen molar-refractivity contribution in [1.82, 2.24) is 15.1 Å². The summed E-state index contributed by atoms with van der Waals surface area (Å²) < 4.78 is 0. The van der Waals surface area contributed by atoms with Crippen LogP contribution in [0.25, 0.3) is 0 Å². The van der Waals surface area contributed by atoms with Crippen LogP contribution < -0.4 is 5.32 Å². The van der Waals surface area contributed by atoms with Gasteiger partial charge in [-0.3, -0.25) is 9.69 Å². The predicted molar refractivity (Wildman–Crippen MR) is 79.4 cm³/mol. The van der Waals surface area contributed by atoms with Crippen LogP contribution in [0.1, 0.15) is 25.5 Å². The van der Waals surface area contributed by atoms with E-state index < -0.39 is 0 Å². The fraction of sp³-hybridized carbons (Fsp3) is 0.375. The average molecular weight is 285 g/mol. The van der Waals surface area contributed by atoms with E-state index in [9.17, 15) is 9.59 Å². The number of nitrogens with zero attached hydrogens (tertiary/aromatic N) is 2. The van der Waals surface area contributed by atoms with Gasteiger partial charge in [-0.2, -0.15) is 0 Å². The molecule has 0 unspecified atom stereocenters. The van der Waals surface area contributed by atoms with Crippen LogP contribution in [0.3, 0.4) is 0 Å². The number of carbonyl (C=O) groups is 2. The molecule has 1 aromatic carbocycles. The molecule has 2 aliphatic heterocycles. The quantitative estimate of drug-likeness (QED) is 0.902. The minimum absolute atomic E-state index is 0.0145. The number of urea groups is 1. The van der Waals surface area contributed by atoms with E-state index in [4.69, 9.17) is 0 Å². The molecule has 2 heterocycles. The number of likely N-dealkylation sites (N-methyl/N-ethyl adjacent to an activating group) is 1. The number of rotatable bonds is 2. The standard InChI is InChI=1S/C16H19N3O2/c1-10(2)19-9-12-13(15(19)20)14(17-16(21)18(12)3)11-7-5-4-6-8-11/h4-8,10,14H,9H2,1-3H3,(H,17,21)/t14-/m1/s1. The maximum Gasteiger partial charge on any atom is 0.322 e. The Labute approximate surface area is 124 Å². The maximum absolute atomic E-state index is 12.7. The Balaban J connectivity index is 2.06. The van der Waals surface area contributed by atoms with Crippen LogP contribution in [0.5, 0.6) is 0 Å². The summed E-state index contributed by atoms with van der Waals surface area (Å²) in [6.07, 6.45) is 0. The Hall–Kier alpha value is -2.30. The number of benzene rings is 1. The van der Waals surface area contributed by atoms with Gasteiger partial charge in [-0.25, -0.2) is 4.79 Å². The van der Waals surface area contributed by atoms with Crippen LogP contribution in [0, 0.1) is 0 Å². The van der Waals surface area contributed by atoms with E-state index in [0.717, 1.165) is 11.3 Å². The molecule has 5 nitrogen and oxygen atoms in total. The monoisotopic (exact) mass is 285 g/mol. The summed E-state index contributed by atoms with van der Waals surface area (Å²) in [4.78, 5) is 28.2. The molecule has 0 fully saturated rings. The molecule has 1 N–H and O–H groups in total. The Morgan fingerprint density at radius 2 is 1.86 bits per heavy atom. The molecule has 5 heteroatoms. The fourth-order valence-electron chi connectivity index (χ4n) is 2.90. The van der Waals surface area contributed by atoms with Crippen molar-refractivity contribution in [3.8, 4) is 0 Å². The first-order chi connectivity index (χ1) is 10.0. The van der Waals surface area contributed by atoms with Gasteiger partial charge in [0.25, 0.3) is 5.91 Å². The summed E-state index contributed by atoms with van der Waals surface area (Å²) >= 11 is 0. The molecule has 110 valence electrons. The van der Waals surface area contributed by atoms with Crippen molar-refractivity contribution in [3.05, 3.63) is 47.2 Å². The topological polar surface area (TPSA) is 52.7 Å². The molecule has 0 aromatic heterocycles. The van der Waals surface area contributed by atoms with E-state index in [2.05, 4.69) is 5.32 Å². The predicted octanol–water partition coefficient (Wildman–Crippen LogP) is 1.89. The lowest BCUT2D eigenvalue weighted by Crippen LogP contribution is -2.45. The van der Waals surface area contributed by atoms with E-state index in [-0.39, 0.29) is 24.0 Å².